The van der Waals surface area contributed by atoms with E-state index in [-0.39, 0.29) is 10.8 Å². The molecule has 2 nitrogen and oxygen atoms in total. The third-order valence-corrected chi connectivity index (χ3v) is 17.3. The number of hydrogen-bond acceptors (Lipinski definition) is 3. The first-order valence-electron chi connectivity index (χ1n) is 26.3. The highest BCUT2D eigenvalue weighted by atomic mass is 79.9. The van der Waals surface area contributed by atoms with Crippen molar-refractivity contribution in [3.05, 3.63) is 156 Å². The van der Waals surface area contributed by atoms with E-state index in [1.165, 1.54) is 205 Å². The molecule has 2 aliphatic carbocycles. The molecule has 6 aromatic rings. The number of benzene rings is 5. The number of aldehydes is 1. The van der Waals surface area contributed by atoms with Crippen LogP contribution < -0.4 is 4.90 Å². The van der Waals surface area contributed by atoms with E-state index in [4.69, 9.17) is 0 Å². The van der Waals surface area contributed by atoms with Gasteiger partial charge < -0.3 is 4.90 Å². The third-order valence-electron chi connectivity index (χ3n) is 15.3. The summed E-state index contributed by atoms with van der Waals surface area (Å²) < 4.78 is 2.35. The Hall–Kier alpha value is -4.03. The molecular formula is C63H73Br2NOS. The molecule has 1 aromatic heterocycles. The standard InChI is InChI=1S/C63H73Br2NOS/c1-5-9-13-17-37-62(38-18-14-10-6-2)58-41-47(64)24-33-54(58)56-35-28-50(43-60(56)62)66(49-26-21-46(22-27-49)23-30-52-31-32-53(45-67)68-52)51-29-36-57-55-34-25-48(65)42-59(55)63(61(57)44-51,39-19-15-11-7-3)40-20-16-12-8-4/h21-36,41-45H,5-20,37-40H2,1-4H3/b30-23+. The Balaban J connectivity index is 1.29. The molecule has 2 aliphatic rings. The summed E-state index contributed by atoms with van der Waals surface area (Å²) in [6.45, 7) is 9.31. The SMILES string of the molecule is CCCCCCC1(CCCCCC)c2cc(Br)ccc2-c2ccc(N(c3ccc(/C=C/c4ccc(C=O)s4)cc3)c3ccc4c(c3)C(CCCCCC)(CCCCCC)c3cc(Br)ccc3-4)cc21. The summed E-state index contributed by atoms with van der Waals surface area (Å²) in [5.74, 6) is 0. The molecule has 0 atom stereocenters. The Morgan fingerprint density at radius 1 is 0.426 bits per heavy atom. The molecule has 0 radical (unpaired) electrons. The van der Waals surface area contributed by atoms with Gasteiger partial charge in [0.05, 0.1) is 4.88 Å². The Morgan fingerprint density at radius 2 is 0.809 bits per heavy atom. The molecule has 356 valence electrons. The maximum atomic E-state index is 11.4. The van der Waals surface area contributed by atoms with Crippen LogP contribution in [0.3, 0.4) is 0 Å². The number of thiophene rings is 1. The van der Waals surface area contributed by atoms with Crippen molar-refractivity contribution in [2.24, 2.45) is 0 Å². The maximum Gasteiger partial charge on any atom is 0.160 e. The molecule has 68 heavy (non-hydrogen) atoms. The third kappa shape index (κ3) is 10.8. The Labute approximate surface area is 430 Å². The van der Waals surface area contributed by atoms with Crippen LogP contribution in [0.1, 0.15) is 198 Å². The molecule has 0 bridgehead atoms. The fraction of sp³-hybridized carbons (Fsp3) is 0.413. The van der Waals surface area contributed by atoms with Crippen LogP contribution in [0.5, 0.6) is 0 Å². The van der Waals surface area contributed by atoms with Crippen LogP contribution in [0, 0.1) is 0 Å². The summed E-state index contributed by atoms with van der Waals surface area (Å²) >= 11 is 9.42. The highest BCUT2D eigenvalue weighted by molar-refractivity contribution is 9.10. The Morgan fingerprint density at radius 3 is 1.21 bits per heavy atom. The first kappa shape index (κ1) is 50.4. The van der Waals surface area contributed by atoms with Crippen LogP contribution >= 0.6 is 43.2 Å². The van der Waals surface area contributed by atoms with Crippen LogP contribution in [0.2, 0.25) is 0 Å². The van der Waals surface area contributed by atoms with Crippen LogP contribution in [0.15, 0.2) is 118 Å². The fourth-order valence-corrected chi connectivity index (χ4v) is 13.3. The summed E-state index contributed by atoms with van der Waals surface area (Å²) in [6.07, 6.45) is 30.1. The number of fused-ring (bicyclic) bond motifs is 6. The minimum Gasteiger partial charge on any atom is -0.310 e. The second kappa shape index (κ2) is 23.7. The summed E-state index contributed by atoms with van der Waals surface area (Å²) in [5.41, 5.74) is 16.3. The molecular weight excluding hydrogens is 979 g/mol. The molecule has 5 aromatic carbocycles. The van der Waals surface area contributed by atoms with Gasteiger partial charge in [0.1, 0.15) is 0 Å². The van der Waals surface area contributed by atoms with Crippen molar-refractivity contribution in [1.82, 2.24) is 0 Å². The van der Waals surface area contributed by atoms with Crippen LogP contribution in [0.4, 0.5) is 17.1 Å². The van der Waals surface area contributed by atoms with Crippen molar-refractivity contribution in [3.8, 4) is 22.3 Å². The molecule has 8 rings (SSSR count). The van der Waals surface area contributed by atoms with Gasteiger partial charge in [-0.2, -0.15) is 0 Å². The number of carbonyl (C=O) groups excluding carboxylic acids is 1. The van der Waals surface area contributed by atoms with Crippen LogP contribution in [-0.4, -0.2) is 6.29 Å². The average molecular weight is 1050 g/mol. The van der Waals surface area contributed by atoms with Gasteiger partial charge in [-0.3, -0.25) is 4.79 Å². The molecule has 0 amide bonds. The van der Waals surface area contributed by atoms with Gasteiger partial charge in [0, 0.05) is 41.7 Å². The second-order valence-electron chi connectivity index (χ2n) is 19.9. The second-order valence-corrected chi connectivity index (χ2v) is 22.8. The monoisotopic (exact) mass is 1050 g/mol. The van der Waals surface area contributed by atoms with Gasteiger partial charge in [-0.05, 0) is 155 Å². The molecule has 0 aliphatic heterocycles. The lowest BCUT2D eigenvalue weighted by atomic mass is 9.70. The number of nitrogens with zero attached hydrogens (tertiary/aromatic N) is 1. The van der Waals surface area contributed by atoms with E-state index >= 15 is 0 Å². The normalized spacial score (nSPS) is 14.0. The average Bonchev–Trinajstić information content (AvgIpc) is 4.01. The summed E-state index contributed by atoms with van der Waals surface area (Å²) in [6, 6.07) is 42.2. The Bertz CT molecular complexity index is 2500. The molecule has 1 heterocycles. The van der Waals surface area contributed by atoms with Gasteiger partial charge in [0.25, 0.3) is 0 Å². The van der Waals surface area contributed by atoms with Crippen LogP contribution in [0.25, 0.3) is 34.4 Å². The van der Waals surface area contributed by atoms with Gasteiger partial charge in [0.2, 0.25) is 0 Å². The minimum atomic E-state index is -0.0448. The largest absolute Gasteiger partial charge is 0.310 e. The topological polar surface area (TPSA) is 20.3 Å². The molecule has 0 saturated carbocycles. The zero-order chi connectivity index (χ0) is 47.5. The number of anilines is 3. The number of hydrogen-bond donors (Lipinski definition) is 0. The summed E-state index contributed by atoms with van der Waals surface area (Å²) in [5, 5.41) is 0. The van der Waals surface area contributed by atoms with Crippen LogP contribution in [-0.2, 0) is 10.8 Å². The van der Waals surface area contributed by atoms with Crippen molar-refractivity contribution >= 4 is 78.7 Å². The predicted molar refractivity (Wildman–Crippen MR) is 303 cm³/mol. The fourth-order valence-electron chi connectivity index (χ4n) is 11.8. The summed E-state index contributed by atoms with van der Waals surface area (Å²) in [7, 11) is 0. The number of halogens is 2. The highest BCUT2D eigenvalue weighted by Gasteiger charge is 2.44. The number of unbranched alkanes of at least 4 members (excludes halogenated alkanes) is 12. The molecule has 0 fully saturated rings. The van der Waals surface area contributed by atoms with Crippen molar-refractivity contribution < 1.29 is 4.79 Å². The number of carbonyl (C=O) groups is 1. The zero-order valence-corrected chi connectivity index (χ0v) is 45.3. The minimum absolute atomic E-state index is 0.0448. The maximum absolute atomic E-state index is 11.4. The van der Waals surface area contributed by atoms with Crippen molar-refractivity contribution in [1.29, 1.82) is 0 Å². The molecule has 0 saturated heterocycles. The van der Waals surface area contributed by atoms with Gasteiger partial charge >= 0.3 is 0 Å². The smallest absolute Gasteiger partial charge is 0.160 e. The van der Waals surface area contributed by atoms with E-state index < -0.39 is 0 Å². The molecule has 0 unspecified atom stereocenters. The first-order chi connectivity index (χ1) is 33.3. The van der Waals surface area contributed by atoms with Gasteiger partial charge in [-0.1, -0.05) is 205 Å². The summed E-state index contributed by atoms with van der Waals surface area (Å²) in [4.78, 5) is 15.8. The van der Waals surface area contributed by atoms with Gasteiger partial charge in [-0.15, -0.1) is 11.3 Å². The molecule has 0 N–H and O–H groups in total. The van der Waals surface area contributed by atoms with Crippen molar-refractivity contribution in [2.45, 2.75) is 167 Å². The molecule has 5 heteroatoms. The number of rotatable bonds is 26. The van der Waals surface area contributed by atoms with E-state index in [9.17, 15) is 4.79 Å². The van der Waals surface area contributed by atoms with E-state index in [1.807, 2.05) is 12.1 Å². The highest BCUT2D eigenvalue weighted by Crippen LogP contribution is 2.58. The lowest BCUT2D eigenvalue weighted by Crippen LogP contribution is -2.26. The van der Waals surface area contributed by atoms with Gasteiger partial charge in [0.15, 0.2) is 6.29 Å². The van der Waals surface area contributed by atoms with Gasteiger partial charge in [-0.25, -0.2) is 0 Å². The predicted octanol–water partition coefficient (Wildman–Crippen LogP) is 21.1. The quantitative estimate of drug-likeness (QED) is 0.0399. The van der Waals surface area contributed by atoms with E-state index in [0.29, 0.717) is 0 Å². The van der Waals surface area contributed by atoms with Crippen molar-refractivity contribution in [2.75, 3.05) is 4.90 Å². The molecule has 0 spiro atoms. The van der Waals surface area contributed by atoms with E-state index in [0.717, 1.165) is 27.3 Å². The lowest BCUT2D eigenvalue weighted by molar-refractivity contribution is 0.112. The Kier molecular flexibility index (Phi) is 17.6. The zero-order valence-electron chi connectivity index (χ0n) is 41.3. The lowest BCUT2D eigenvalue weighted by Gasteiger charge is -2.35. The first-order valence-corrected chi connectivity index (χ1v) is 28.7. The van der Waals surface area contributed by atoms with Crippen molar-refractivity contribution in [3.63, 3.8) is 0 Å². The van der Waals surface area contributed by atoms with E-state index in [1.54, 1.807) is 0 Å². The van der Waals surface area contributed by atoms with E-state index in [2.05, 4.69) is 174 Å².